The molecule has 4 atom stereocenters. The molecule has 1 aromatic heterocycles. The fourth-order valence-electron chi connectivity index (χ4n) is 4.24. The predicted molar refractivity (Wildman–Crippen MR) is 137 cm³/mol. The summed E-state index contributed by atoms with van der Waals surface area (Å²) in [5.74, 6) is -2.70. The lowest BCUT2D eigenvalue weighted by molar-refractivity contribution is -0.153. The van der Waals surface area contributed by atoms with Crippen molar-refractivity contribution in [1.29, 1.82) is 0 Å². The van der Waals surface area contributed by atoms with E-state index in [9.17, 15) is 24.6 Å². The van der Waals surface area contributed by atoms with Gasteiger partial charge in [-0.05, 0) is 47.9 Å². The van der Waals surface area contributed by atoms with E-state index in [4.69, 9.17) is 16.7 Å². The molecule has 0 bridgehead atoms. The first-order chi connectivity index (χ1) is 17.2. The molecule has 3 heterocycles. The van der Waals surface area contributed by atoms with Gasteiger partial charge >= 0.3 is 5.97 Å². The largest absolute Gasteiger partial charge is 0.477 e. The number of nitrogens with zero attached hydrogens (tertiary/aromatic N) is 1. The summed E-state index contributed by atoms with van der Waals surface area (Å²) in [5.41, 5.74) is 2.07. The summed E-state index contributed by atoms with van der Waals surface area (Å²) in [4.78, 5) is 38.8. The highest BCUT2D eigenvalue weighted by Crippen LogP contribution is 2.32. The van der Waals surface area contributed by atoms with Crippen LogP contribution in [0, 0.1) is 0 Å². The van der Waals surface area contributed by atoms with Gasteiger partial charge in [-0.1, -0.05) is 29.8 Å². The van der Waals surface area contributed by atoms with E-state index in [1.807, 2.05) is 35.7 Å². The van der Waals surface area contributed by atoms with Gasteiger partial charge in [0, 0.05) is 21.9 Å². The summed E-state index contributed by atoms with van der Waals surface area (Å²) in [6, 6.07) is 9.12. The number of carboxylic acid groups (broad SMARTS) is 1. The van der Waals surface area contributed by atoms with E-state index in [0.717, 1.165) is 16.0 Å². The van der Waals surface area contributed by atoms with Gasteiger partial charge in [0.05, 0.1) is 18.0 Å². The van der Waals surface area contributed by atoms with Crippen molar-refractivity contribution >= 4 is 52.5 Å². The van der Waals surface area contributed by atoms with E-state index in [0.29, 0.717) is 30.8 Å². The fourth-order valence-corrected chi connectivity index (χ4v) is 6.39. The van der Waals surface area contributed by atoms with Crippen molar-refractivity contribution < 1.29 is 29.7 Å². The first kappa shape index (κ1) is 26.5. The third-order valence-corrected chi connectivity index (χ3v) is 8.56. The summed E-state index contributed by atoms with van der Waals surface area (Å²) < 4.78 is 0. The predicted octanol–water partition coefficient (Wildman–Crippen LogP) is 1.91. The zero-order valence-corrected chi connectivity index (χ0v) is 21.5. The van der Waals surface area contributed by atoms with Crippen LogP contribution in [0.4, 0.5) is 0 Å². The Balaban J connectivity index is 1.29. The van der Waals surface area contributed by atoms with Gasteiger partial charge in [0.25, 0.3) is 11.8 Å². The Morgan fingerprint density at radius 1 is 1.22 bits per heavy atom. The summed E-state index contributed by atoms with van der Waals surface area (Å²) in [7, 11) is 0. The minimum Gasteiger partial charge on any atom is -0.477 e. The highest BCUT2D eigenvalue weighted by atomic mass is 35.5. The van der Waals surface area contributed by atoms with Gasteiger partial charge in [0.2, 0.25) is 0 Å². The molecule has 4 rings (SSSR count). The van der Waals surface area contributed by atoms with Gasteiger partial charge < -0.3 is 30.9 Å². The van der Waals surface area contributed by atoms with Gasteiger partial charge in [-0.25, -0.2) is 4.79 Å². The number of hydrogen-bond donors (Lipinski definition) is 5. The Morgan fingerprint density at radius 3 is 2.72 bits per heavy atom. The van der Waals surface area contributed by atoms with Crippen LogP contribution in [0.2, 0.25) is 5.02 Å². The molecule has 1 saturated heterocycles. The van der Waals surface area contributed by atoms with Crippen LogP contribution in [0.25, 0.3) is 0 Å². The van der Waals surface area contributed by atoms with E-state index in [1.54, 1.807) is 0 Å². The molecule has 0 spiro atoms. The zero-order valence-electron chi connectivity index (χ0n) is 19.1. The maximum atomic E-state index is 12.9. The number of nitrogens with one attached hydrogen (secondary N) is 2. The summed E-state index contributed by atoms with van der Waals surface area (Å²) >= 11 is 8.92. The molecule has 2 aliphatic heterocycles. The normalized spacial score (nSPS) is 21.0. The maximum Gasteiger partial charge on any atom is 0.352 e. The van der Waals surface area contributed by atoms with Crippen LogP contribution < -0.4 is 10.6 Å². The van der Waals surface area contributed by atoms with Crippen molar-refractivity contribution in [3.05, 3.63) is 67.8 Å². The standard InChI is InChI=1S/C24H26ClN3O6S2/c25-16-5-2-1-4-14(16)8-13-9-15(35-11-13)10-26-21(31)19(29)20(30)23(32)28-7-3-6-18(28)22-27-17(12-36-22)24(33)34/h1-2,4-5,9,11-12,18-20,22,27,29-30H,3,6-8,10H2,(H,26,31)(H,33,34)/t18-,19-,20-,22?/m1/s1. The fraction of sp³-hybridized carbons (Fsp3) is 0.375. The van der Waals surface area contributed by atoms with Gasteiger partial charge in [0.1, 0.15) is 5.70 Å². The molecule has 192 valence electrons. The Kier molecular flexibility index (Phi) is 8.58. The van der Waals surface area contributed by atoms with Crippen LogP contribution in [-0.4, -0.2) is 68.2 Å². The number of aliphatic hydroxyl groups excluding tert-OH is 2. The molecular weight excluding hydrogens is 526 g/mol. The van der Waals surface area contributed by atoms with E-state index >= 15 is 0 Å². The van der Waals surface area contributed by atoms with Crippen molar-refractivity contribution in [1.82, 2.24) is 15.5 Å². The summed E-state index contributed by atoms with van der Waals surface area (Å²) in [6.45, 7) is 0.488. The smallest absolute Gasteiger partial charge is 0.352 e. The molecule has 1 unspecified atom stereocenters. The first-order valence-electron chi connectivity index (χ1n) is 11.3. The third-order valence-electron chi connectivity index (χ3n) is 6.11. The molecule has 36 heavy (non-hydrogen) atoms. The lowest BCUT2D eigenvalue weighted by atomic mass is 10.1. The Morgan fingerprint density at radius 2 is 2.00 bits per heavy atom. The summed E-state index contributed by atoms with van der Waals surface area (Å²) in [6.07, 6.45) is -1.93. The Hall–Kier alpha value is -2.57. The topological polar surface area (TPSA) is 139 Å². The molecule has 9 nitrogen and oxygen atoms in total. The number of aliphatic carboxylic acids is 1. The number of carbonyl (C=O) groups excluding carboxylic acids is 2. The molecule has 0 radical (unpaired) electrons. The first-order valence-corrected chi connectivity index (χ1v) is 13.5. The second-order valence-electron chi connectivity index (χ2n) is 8.58. The van der Waals surface area contributed by atoms with Gasteiger partial charge in [-0.2, -0.15) is 0 Å². The van der Waals surface area contributed by atoms with Crippen molar-refractivity contribution in [2.24, 2.45) is 0 Å². The molecule has 2 aliphatic rings. The molecule has 5 N–H and O–H groups in total. The lowest BCUT2D eigenvalue weighted by Gasteiger charge is -2.31. The molecule has 2 aromatic rings. The second-order valence-corrected chi connectivity index (χ2v) is 11.0. The molecule has 1 aromatic carbocycles. The summed E-state index contributed by atoms with van der Waals surface area (Å²) in [5, 5.41) is 39.2. The number of thiophene rings is 1. The Labute approximate surface area is 221 Å². The number of benzene rings is 1. The highest BCUT2D eigenvalue weighted by Gasteiger charge is 2.42. The monoisotopic (exact) mass is 551 g/mol. The number of aliphatic hydroxyl groups is 2. The van der Waals surface area contributed by atoms with E-state index in [-0.39, 0.29) is 23.7 Å². The third kappa shape index (κ3) is 6.04. The van der Waals surface area contributed by atoms with Crippen LogP contribution in [0.3, 0.4) is 0 Å². The molecule has 0 saturated carbocycles. The molecule has 1 fully saturated rings. The zero-order chi connectivity index (χ0) is 25.8. The van der Waals surface area contributed by atoms with Gasteiger partial charge in [-0.3, -0.25) is 9.59 Å². The maximum absolute atomic E-state index is 12.9. The van der Waals surface area contributed by atoms with Crippen molar-refractivity contribution in [2.75, 3.05) is 6.54 Å². The van der Waals surface area contributed by atoms with Crippen LogP contribution in [-0.2, 0) is 27.3 Å². The molecule has 12 heteroatoms. The number of likely N-dealkylation sites (tertiary alicyclic amines) is 1. The average Bonchev–Trinajstić information content (AvgIpc) is 3.63. The van der Waals surface area contributed by atoms with Gasteiger partial charge in [0.15, 0.2) is 12.2 Å². The van der Waals surface area contributed by atoms with E-state index < -0.39 is 30.0 Å². The molecule has 2 amide bonds. The lowest BCUT2D eigenvalue weighted by Crippen LogP contribution is -2.54. The van der Waals surface area contributed by atoms with Gasteiger partial charge in [-0.15, -0.1) is 23.1 Å². The highest BCUT2D eigenvalue weighted by molar-refractivity contribution is 8.03. The minimum atomic E-state index is -1.93. The molecular formula is C24H26ClN3O6S2. The number of halogens is 1. The molecule has 0 aliphatic carbocycles. The van der Waals surface area contributed by atoms with Crippen molar-refractivity contribution in [3.63, 3.8) is 0 Å². The van der Waals surface area contributed by atoms with Crippen LogP contribution in [0.15, 0.2) is 46.8 Å². The number of thioether (sulfide) groups is 1. The van der Waals surface area contributed by atoms with Crippen molar-refractivity contribution in [2.45, 2.75) is 49.4 Å². The number of carboxylic acids is 1. The number of carbonyl (C=O) groups is 3. The number of rotatable bonds is 9. The van der Waals surface area contributed by atoms with Crippen LogP contribution in [0.5, 0.6) is 0 Å². The SMILES string of the molecule is O=C(O)C1=CSC([C@H]2CCCN2C(=O)[C@H](O)[C@@H](O)C(=O)NCc2cc(Cc3ccccc3Cl)cs2)N1. The van der Waals surface area contributed by atoms with E-state index in [2.05, 4.69) is 10.6 Å². The van der Waals surface area contributed by atoms with Crippen molar-refractivity contribution in [3.8, 4) is 0 Å². The van der Waals surface area contributed by atoms with E-state index in [1.165, 1.54) is 33.4 Å². The second kappa shape index (κ2) is 11.7. The Bertz CT molecular complexity index is 1170. The van der Waals surface area contributed by atoms with Crippen LogP contribution >= 0.6 is 34.7 Å². The quantitative estimate of drug-likeness (QED) is 0.318. The number of amides is 2. The minimum absolute atomic E-state index is 0.0489. The number of hydrogen-bond acceptors (Lipinski definition) is 8. The van der Waals surface area contributed by atoms with Crippen LogP contribution in [0.1, 0.15) is 28.8 Å². The average molecular weight is 552 g/mol.